The van der Waals surface area contributed by atoms with Crippen LogP contribution in [0.1, 0.15) is 39.5 Å². The van der Waals surface area contributed by atoms with Crippen molar-refractivity contribution in [2.24, 2.45) is 28.6 Å². The molecule has 0 aromatic carbocycles. The van der Waals surface area contributed by atoms with E-state index < -0.39 is 34.9 Å². The van der Waals surface area contributed by atoms with Crippen molar-refractivity contribution in [3.63, 3.8) is 0 Å². The molecule has 0 aromatic heterocycles. The van der Waals surface area contributed by atoms with Crippen LogP contribution in [-0.2, 0) is 9.59 Å². The van der Waals surface area contributed by atoms with Gasteiger partial charge in [-0.25, -0.2) is 0 Å². The van der Waals surface area contributed by atoms with Crippen LogP contribution in [-0.4, -0.2) is 50.6 Å². The Morgan fingerprint density at radius 2 is 2.07 bits per heavy atom. The van der Waals surface area contributed by atoms with Gasteiger partial charge in [-0.2, -0.15) is 0 Å². The van der Waals surface area contributed by atoms with E-state index in [0.29, 0.717) is 25.7 Å². The number of halogens is 1. The van der Waals surface area contributed by atoms with Crippen molar-refractivity contribution < 1.29 is 24.9 Å². The van der Waals surface area contributed by atoms with E-state index in [1.165, 1.54) is 0 Å². The molecule has 6 heteroatoms. The second-order valence-corrected chi connectivity index (χ2v) is 9.81. The van der Waals surface area contributed by atoms with E-state index in [4.69, 9.17) is 11.6 Å². The Labute approximate surface area is 164 Å². The molecule has 0 spiro atoms. The third-order valence-electron chi connectivity index (χ3n) is 8.23. The molecule has 3 fully saturated rings. The SMILES string of the molecule is CC12C=CC(=O)C=C1[C@@H](Cl)CC1C2C(O)CC2(C)C1CC[C@]2(O)C(=O)CO. The summed E-state index contributed by atoms with van der Waals surface area (Å²) in [5.41, 5.74) is -2.06. The summed E-state index contributed by atoms with van der Waals surface area (Å²) in [6, 6.07) is 0. The lowest BCUT2D eigenvalue weighted by molar-refractivity contribution is -0.178. The van der Waals surface area contributed by atoms with Gasteiger partial charge in [0.25, 0.3) is 0 Å². The van der Waals surface area contributed by atoms with Crippen molar-refractivity contribution in [3.8, 4) is 0 Å². The van der Waals surface area contributed by atoms with Gasteiger partial charge in [-0.05, 0) is 55.2 Å². The van der Waals surface area contributed by atoms with E-state index in [-0.39, 0.29) is 28.9 Å². The highest BCUT2D eigenvalue weighted by Gasteiger charge is 2.68. The van der Waals surface area contributed by atoms with Crippen molar-refractivity contribution in [1.29, 1.82) is 0 Å². The Morgan fingerprint density at radius 3 is 2.74 bits per heavy atom. The number of rotatable bonds is 2. The zero-order chi connectivity index (χ0) is 19.8. The van der Waals surface area contributed by atoms with Crippen LogP contribution in [0.25, 0.3) is 0 Å². The van der Waals surface area contributed by atoms with Crippen LogP contribution < -0.4 is 0 Å². The number of Topliss-reactive ketones (excluding diaryl/α,β-unsaturated/α-hetero) is 1. The van der Waals surface area contributed by atoms with Crippen LogP contribution in [0.3, 0.4) is 0 Å². The highest BCUT2D eigenvalue weighted by molar-refractivity contribution is 6.23. The van der Waals surface area contributed by atoms with E-state index in [0.717, 1.165) is 5.57 Å². The Morgan fingerprint density at radius 1 is 1.37 bits per heavy atom. The van der Waals surface area contributed by atoms with Crippen LogP contribution in [0, 0.1) is 28.6 Å². The van der Waals surface area contributed by atoms with Gasteiger partial charge in [0.05, 0.1) is 11.5 Å². The van der Waals surface area contributed by atoms with Crippen LogP contribution in [0.4, 0.5) is 0 Å². The topological polar surface area (TPSA) is 94.8 Å². The molecule has 148 valence electrons. The smallest absolute Gasteiger partial charge is 0.190 e. The molecule has 0 aliphatic heterocycles. The molecule has 4 rings (SSSR count). The van der Waals surface area contributed by atoms with E-state index >= 15 is 0 Å². The van der Waals surface area contributed by atoms with Crippen LogP contribution in [0.2, 0.25) is 0 Å². The van der Waals surface area contributed by atoms with Gasteiger partial charge in [0, 0.05) is 16.7 Å². The van der Waals surface area contributed by atoms with Crippen LogP contribution in [0.5, 0.6) is 0 Å². The lowest BCUT2D eigenvalue weighted by atomic mass is 9.46. The molecule has 0 radical (unpaired) electrons. The average Bonchev–Trinajstić information content (AvgIpc) is 2.87. The summed E-state index contributed by atoms with van der Waals surface area (Å²) in [5, 5.41) is 31.4. The fourth-order valence-corrected chi connectivity index (χ4v) is 7.43. The van der Waals surface area contributed by atoms with Crippen LogP contribution in [0.15, 0.2) is 23.8 Å². The molecule has 3 saturated carbocycles. The number of hydrogen-bond donors (Lipinski definition) is 3. The summed E-state index contributed by atoms with van der Waals surface area (Å²) in [6.45, 7) is 3.20. The second-order valence-electron chi connectivity index (χ2n) is 9.29. The molecule has 3 N–H and O–H groups in total. The van der Waals surface area contributed by atoms with Gasteiger partial charge in [-0.3, -0.25) is 9.59 Å². The summed E-state index contributed by atoms with van der Waals surface area (Å²) in [4.78, 5) is 24.3. The highest BCUT2D eigenvalue weighted by Crippen LogP contribution is 2.67. The largest absolute Gasteiger partial charge is 0.393 e. The van der Waals surface area contributed by atoms with Gasteiger partial charge in [-0.15, -0.1) is 11.6 Å². The molecule has 0 heterocycles. The maximum absolute atomic E-state index is 12.4. The number of allylic oxidation sites excluding steroid dienone is 4. The quantitative estimate of drug-likeness (QED) is 0.620. The number of alkyl halides is 1. The lowest BCUT2D eigenvalue weighted by Gasteiger charge is -2.60. The van der Waals surface area contributed by atoms with Crippen LogP contribution >= 0.6 is 11.6 Å². The Balaban J connectivity index is 1.78. The van der Waals surface area contributed by atoms with Gasteiger partial charge in [0.1, 0.15) is 12.2 Å². The van der Waals surface area contributed by atoms with Crippen molar-refractivity contribution in [2.75, 3.05) is 6.61 Å². The van der Waals surface area contributed by atoms with Gasteiger partial charge >= 0.3 is 0 Å². The summed E-state index contributed by atoms with van der Waals surface area (Å²) in [6.07, 6.45) is 6.16. The zero-order valence-corrected chi connectivity index (χ0v) is 16.4. The Kier molecular flexibility index (Phi) is 4.29. The summed E-state index contributed by atoms with van der Waals surface area (Å²) < 4.78 is 0. The summed E-state index contributed by atoms with van der Waals surface area (Å²) in [5.74, 6) is -0.705. The van der Waals surface area contributed by atoms with E-state index in [2.05, 4.69) is 0 Å². The van der Waals surface area contributed by atoms with Crippen molar-refractivity contribution in [3.05, 3.63) is 23.8 Å². The monoisotopic (exact) mass is 394 g/mol. The summed E-state index contributed by atoms with van der Waals surface area (Å²) >= 11 is 6.70. The Bertz CT molecular complexity index is 760. The molecule has 0 saturated heterocycles. The van der Waals surface area contributed by atoms with Gasteiger partial charge in [0.15, 0.2) is 11.6 Å². The number of aliphatic hydroxyl groups excluding tert-OH is 2. The Hall–Kier alpha value is -1.01. The standard InChI is InChI=1S/C21H27ClO5/c1-19-5-3-11(24)7-14(19)15(22)8-12-13-4-6-21(27,17(26)10-23)20(13,2)9-16(25)18(12)19/h3,5,7,12-13,15-16,18,23,25,27H,4,6,8-10H2,1-2H3/t12?,13?,15-,16?,18?,19?,20?,21-/m0/s1. The first-order valence-corrected chi connectivity index (χ1v) is 10.2. The average molecular weight is 395 g/mol. The summed E-state index contributed by atoms with van der Waals surface area (Å²) in [7, 11) is 0. The number of carbonyl (C=O) groups excluding carboxylic acids is 2. The van der Waals surface area contributed by atoms with E-state index in [9.17, 15) is 24.9 Å². The van der Waals surface area contributed by atoms with Crippen molar-refractivity contribution in [1.82, 2.24) is 0 Å². The molecule has 5 nitrogen and oxygen atoms in total. The predicted molar refractivity (Wildman–Crippen MR) is 100 cm³/mol. The lowest BCUT2D eigenvalue weighted by Crippen LogP contribution is -2.62. The van der Waals surface area contributed by atoms with E-state index in [1.807, 2.05) is 19.9 Å². The van der Waals surface area contributed by atoms with Gasteiger partial charge < -0.3 is 15.3 Å². The number of ketones is 2. The number of fused-ring (bicyclic) bond motifs is 5. The van der Waals surface area contributed by atoms with E-state index in [1.54, 1.807) is 12.2 Å². The molecule has 27 heavy (non-hydrogen) atoms. The minimum Gasteiger partial charge on any atom is -0.393 e. The predicted octanol–water partition coefficient (Wildman–Crippen LogP) is 1.77. The fraction of sp³-hybridized carbons (Fsp3) is 0.714. The molecule has 4 aliphatic carbocycles. The second kappa shape index (κ2) is 5.99. The first-order chi connectivity index (χ1) is 12.6. The highest BCUT2D eigenvalue weighted by atomic mass is 35.5. The normalized spacial score (nSPS) is 51.3. The number of aliphatic hydroxyl groups is 3. The molecule has 0 bridgehead atoms. The maximum atomic E-state index is 12.4. The molecular formula is C21H27ClO5. The zero-order valence-electron chi connectivity index (χ0n) is 15.7. The minimum atomic E-state index is -1.62. The first kappa shape index (κ1) is 19.3. The molecule has 6 unspecified atom stereocenters. The maximum Gasteiger partial charge on any atom is 0.190 e. The number of hydrogen-bond acceptors (Lipinski definition) is 5. The first-order valence-electron chi connectivity index (χ1n) is 9.72. The van der Waals surface area contributed by atoms with Crippen molar-refractivity contribution in [2.45, 2.75) is 56.6 Å². The van der Waals surface area contributed by atoms with Crippen molar-refractivity contribution >= 4 is 23.2 Å². The molecule has 8 atom stereocenters. The fourth-order valence-electron chi connectivity index (χ4n) is 6.93. The minimum absolute atomic E-state index is 0.0250. The third-order valence-corrected chi connectivity index (χ3v) is 8.65. The molecular weight excluding hydrogens is 368 g/mol. The van der Waals surface area contributed by atoms with Gasteiger partial charge in [0.2, 0.25) is 0 Å². The third kappa shape index (κ3) is 2.35. The molecule has 0 amide bonds. The number of carbonyl (C=O) groups is 2. The molecule has 0 aromatic rings. The van der Waals surface area contributed by atoms with Gasteiger partial charge in [-0.1, -0.05) is 19.9 Å². The molecule has 4 aliphatic rings.